The highest BCUT2D eigenvalue weighted by Crippen LogP contribution is 2.31. The van der Waals surface area contributed by atoms with E-state index in [0.717, 1.165) is 0 Å². The van der Waals surface area contributed by atoms with Crippen molar-refractivity contribution >= 4 is 22.8 Å². The number of rotatable bonds is 3. The average Bonchev–Trinajstić information content (AvgIpc) is 3.32. The Labute approximate surface area is 158 Å². The molecule has 1 aliphatic heterocycles. The molecule has 1 saturated heterocycles. The highest BCUT2D eigenvalue weighted by atomic mass is 32.1. The van der Waals surface area contributed by atoms with Gasteiger partial charge in [-0.15, -0.1) is 11.3 Å². The lowest BCUT2D eigenvalue weighted by atomic mass is 10.1. The summed E-state index contributed by atoms with van der Waals surface area (Å²) < 4.78 is 0. The molecular formula is C17H15N7O2S. The summed E-state index contributed by atoms with van der Waals surface area (Å²) in [5, 5.41) is 31.6. The van der Waals surface area contributed by atoms with Gasteiger partial charge in [-0.2, -0.15) is 5.26 Å². The van der Waals surface area contributed by atoms with Crippen LogP contribution in [0.1, 0.15) is 5.56 Å². The van der Waals surface area contributed by atoms with Crippen LogP contribution in [0.2, 0.25) is 0 Å². The Balaban J connectivity index is 1.79. The molecule has 0 saturated carbocycles. The molecule has 1 fully saturated rings. The second-order valence-corrected chi connectivity index (χ2v) is 6.97. The van der Waals surface area contributed by atoms with Gasteiger partial charge in [0.2, 0.25) is 0 Å². The predicted molar refractivity (Wildman–Crippen MR) is 99.7 cm³/mol. The van der Waals surface area contributed by atoms with E-state index in [-0.39, 0.29) is 24.3 Å². The summed E-state index contributed by atoms with van der Waals surface area (Å²) in [7, 11) is 0. The molecular weight excluding hydrogens is 366 g/mol. The van der Waals surface area contributed by atoms with Crippen molar-refractivity contribution in [3.63, 3.8) is 0 Å². The Kier molecular flexibility index (Phi) is 4.41. The molecule has 3 aromatic heterocycles. The summed E-state index contributed by atoms with van der Waals surface area (Å²) in [6.45, 7) is 0.498. The van der Waals surface area contributed by atoms with E-state index in [4.69, 9.17) is 5.73 Å². The van der Waals surface area contributed by atoms with Crippen molar-refractivity contribution in [1.29, 1.82) is 5.26 Å². The Hall–Kier alpha value is -3.13. The molecule has 4 heterocycles. The number of hydrogen-bond acceptors (Lipinski definition) is 10. The zero-order valence-corrected chi connectivity index (χ0v) is 14.8. The van der Waals surface area contributed by atoms with Gasteiger partial charge < -0.3 is 20.8 Å². The van der Waals surface area contributed by atoms with E-state index in [0.29, 0.717) is 27.9 Å². The number of aromatic nitrogens is 4. The third kappa shape index (κ3) is 3.19. The molecule has 0 unspecified atom stereocenters. The maximum Gasteiger partial charge on any atom is 0.148 e. The number of thiazole rings is 1. The van der Waals surface area contributed by atoms with Crippen LogP contribution in [0.3, 0.4) is 0 Å². The zero-order valence-electron chi connectivity index (χ0n) is 14.0. The van der Waals surface area contributed by atoms with Crippen LogP contribution >= 0.6 is 11.3 Å². The fourth-order valence-electron chi connectivity index (χ4n) is 2.91. The second-order valence-electron chi connectivity index (χ2n) is 6.07. The van der Waals surface area contributed by atoms with E-state index < -0.39 is 12.2 Å². The largest absolute Gasteiger partial charge is 0.398 e. The van der Waals surface area contributed by atoms with Crippen LogP contribution in [0.25, 0.3) is 22.1 Å². The number of nitrogens with zero attached hydrogens (tertiary/aromatic N) is 6. The van der Waals surface area contributed by atoms with Crippen molar-refractivity contribution in [3.8, 4) is 28.2 Å². The molecule has 10 heteroatoms. The van der Waals surface area contributed by atoms with Gasteiger partial charge in [0.1, 0.15) is 39.5 Å². The summed E-state index contributed by atoms with van der Waals surface area (Å²) in [5.41, 5.74) is 7.81. The molecule has 0 spiro atoms. The topological polar surface area (TPSA) is 145 Å². The average molecular weight is 381 g/mol. The molecule has 4 rings (SSSR count). The molecule has 0 amide bonds. The van der Waals surface area contributed by atoms with Gasteiger partial charge in [0, 0.05) is 24.7 Å². The van der Waals surface area contributed by atoms with Crippen molar-refractivity contribution in [2.24, 2.45) is 0 Å². The van der Waals surface area contributed by atoms with E-state index in [9.17, 15) is 15.5 Å². The van der Waals surface area contributed by atoms with E-state index >= 15 is 0 Å². The summed E-state index contributed by atoms with van der Waals surface area (Å²) in [6.07, 6.45) is 3.02. The molecule has 0 bridgehead atoms. The zero-order chi connectivity index (χ0) is 19.0. The summed E-state index contributed by atoms with van der Waals surface area (Å²) in [6, 6.07) is 3.69. The monoisotopic (exact) mass is 381 g/mol. The number of nitrogen functional groups attached to an aromatic ring is 1. The van der Waals surface area contributed by atoms with Crippen LogP contribution in [-0.2, 0) is 0 Å². The molecule has 4 N–H and O–H groups in total. The number of aliphatic hydroxyl groups excluding tert-OH is 2. The van der Waals surface area contributed by atoms with E-state index in [1.54, 1.807) is 17.2 Å². The lowest BCUT2D eigenvalue weighted by Gasteiger charge is -2.17. The van der Waals surface area contributed by atoms with E-state index in [1.165, 1.54) is 23.7 Å². The molecule has 3 aromatic rings. The van der Waals surface area contributed by atoms with E-state index in [1.807, 2.05) is 5.38 Å². The van der Waals surface area contributed by atoms with Gasteiger partial charge in [0.15, 0.2) is 0 Å². The minimum absolute atomic E-state index is 0.211. The highest BCUT2D eigenvalue weighted by molar-refractivity contribution is 7.13. The number of pyridine rings is 1. The standard InChI is InChI=1S/C17H15N7O2S/c18-4-9-10(19)3-11(17-21-1-2-27-17)23-16(9)12-5-20-6-15(22-12)24-7-13(25)14(26)8-24/h1-3,5-6,13-14,25-26H,7-8H2,(H2,19,23)/t13-,14-/m0/s1. The van der Waals surface area contributed by atoms with Gasteiger partial charge in [0.05, 0.1) is 30.3 Å². The molecule has 27 heavy (non-hydrogen) atoms. The Morgan fingerprint density at radius 2 is 1.96 bits per heavy atom. The maximum atomic E-state index is 9.76. The van der Waals surface area contributed by atoms with Crippen molar-refractivity contribution < 1.29 is 10.2 Å². The van der Waals surface area contributed by atoms with Crippen molar-refractivity contribution in [3.05, 3.63) is 35.6 Å². The van der Waals surface area contributed by atoms with Gasteiger partial charge in [-0.25, -0.2) is 15.0 Å². The lowest BCUT2D eigenvalue weighted by Crippen LogP contribution is -2.22. The van der Waals surface area contributed by atoms with Crippen LogP contribution in [-0.4, -0.2) is 55.4 Å². The van der Waals surface area contributed by atoms with Gasteiger partial charge in [0.25, 0.3) is 0 Å². The number of aliphatic hydroxyl groups is 2. The number of β-amino-alcohol motifs (C(OH)–C–C–N with tert-alkyl or cyclic N) is 2. The Morgan fingerprint density at radius 3 is 2.63 bits per heavy atom. The fraction of sp³-hybridized carbons (Fsp3) is 0.235. The molecule has 0 aromatic carbocycles. The van der Waals surface area contributed by atoms with Crippen LogP contribution in [0, 0.1) is 11.3 Å². The normalized spacial score (nSPS) is 19.2. The van der Waals surface area contributed by atoms with Crippen LogP contribution < -0.4 is 10.6 Å². The fourth-order valence-corrected chi connectivity index (χ4v) is 3.50. The molecule has 2 atom stereocenters. The lowest BCUT2D eigenvalue weighted by molar-refractivity contribution is 0.0572. The maximum absolute atomic E-state index is 9.76. The van der Waals surface area contributed by atoms with Crippen LogP contribution in [0.5, 0.6) is 0 Å². The van der Waals surface area contributed by atoms with Gasteiger partial charge in [-0.3, -0.25) is 4.98 Å². The third-order valence-electron chi connectivity index (χ3n) is 4.26. The summed E-state index contributed by atoms with van der Waals surface area (Å²) in [4.78, 5) is 19.2. The quantitative estimate of drug-likeness (QED) is 0.595. The molecule has 1 aliphatic rings. The summed E-state index contributed by atoms with van der Waals surface area (Å²) >= 11 is 1.41. The molecule has 136 valence electrons. The second kappa shape index (κ2) is 6.88. The number of anilines is 2. The first-order valence-electron chi connectivity index (χ1n) is 8.11. The first-order valence-corrected chi connectivity index (χ1v) is 8.98. The third-order valence-corrected chi connectivity index (χ3v) is 5.06. The first kappa shape index (κ1) is 17.3. The minimum Gasteiger partial charge on any atom is -0.398 e. The molecule has 9 nitrogen and oxygen atoms in total. The van der Waals surface area contributed by atoms with Crippen LogP contribution in [0.4, 0.5) is 11.5 Å². The first-order chi connectivity index (χ1) is 13.1. The number of nitriles is 1. The highest BCUT2D eigenvalue weighted by Gasteiger charge is 2.30. The van der Waals surface area contributed by atoms with Gasteiger partial charge in [-0.1, -0.05) is 0 Å². The molecule has 0 aliphatic carbocycles. The Bertz CT molecular complexity index is 1010. The van der Waals surface area contributed by atoms with Crippen LogP contribution in [0.15, 0.2) is 30.0 Å². The summed E-state index contributed by atoms with van der Waals surface area (Å²) in [5.74, 6) is 0.479. The van der Waals surface area contributed by atoms with Crippen molar-refractivity contribution in [2.75, 3.05) is 23.7 Å². The number of hydrogen-bond donors (Lipinski definition) is 3. The van der Waals surface area contributed by atoms with E-state index in [2.05, 4.69) is 26.0 Å². The van der Waals surface area contributed by atoms with Crippen molar-refractivity contribution in [1.82, 2.24) is 19.9 Å². The minimum atomic E-state index is -0.841. The SMILES string of the molecule is N#Cc1c(N)cc(-c2nccs2)nc1-c1cncc(N2C[C@H](O)[C@@H](O)C2)n1. The Morgan fingerprint density at radius 1 is 1.19 bits per heavy atom. The predicted octanol–water partition coefficient (Wildman–Crippen LogP) is 0.658. The number of nitrogens with two attached hydrogens (primary N) is 1. The van der Waals surface area contributed by atoms with Gasteiger partial charge >= 0.3 is 0 Å². The smallest absolute Gasteiger partial charge is 0.148 e. The van der Waals surface area contributed by atoms with Crippen molar-refractivity contribution in [2.45, 2.75) is 12.2 Å². The molecule has 0 radical (unpaired) electrons. The van der Waals surface area contributed by atoms with Gasteiger partial charge in [-0.05, 0) is 6.07 Å².